The first-order chi connectivity index (χ1) is 12.6. The van der Waals surface area contributed by atoms with E-state index in [4.69, 9.17) is 33.1 Å². The van der Waals surface area contributed by atoms with Crippen molar-refractivity contribution in [3.8, 4) is 17.9 Å². The Hall–Kier alpha value is -3.53. The van der Waals surface area contributed by atoms with Crippen LogP contribution in [0.15, 0.2) is 0 Å². The van der Waals surface area contributed by atoms with Crippen LogP contribution in [0.5, 0.6) is 5.75 Å². The first-order valence-corrected chi connectivity index (χ1v) is 7.39. The summed E-state index contributed by atoms with van der Waals surface area (Å²) in [5.74, 6) is -7.07. The van der Waals surface area contributed by atoms with Gasteiger partial charge in [0.15, 0.2) is 28.4 Å². The Labute approximate surface area is 153 Å². The molecular formula is C18H13F3N4O2. The van der Waals surface area contributed by atoms with Gasteiger partial charge in [-0.3, -0.25) is 0 Å². The summed E-state index contributed by atoms with van der Waals surface area (Å²) < 4.78 is 54.0. The molecule has 0 radical (unpaired) electrons. The van der Waals surface area contributed by atoms with Crippen LogP contribution in [0.3, 0.4) is 0 Å². The number of benzene rings is 1. The predicted molar refractivity (Wildman–Crippen MR) is 88.0 cm³/mol. The second kappa shape index (κ2) is 8.72. The summed E-state index contributed by atoms with van der Waals surface area (Å²) in [6.07, 6.45) is 0. The topological polar surface area (TPSA) is 74.8 Å². The molecule has 0 saturated carbocycles. The first-order valence-electron chi connectivity index (χ1n) is 7.39. The number of hydrogen-bond donors (Lipinski definition) is 0. The zero-order valence-corrected chi connectivity index (χ0v) is 14.7. The number of hydrogen-bond acceptors (Lipinski definition) is 4. The number of nitriles is 2. The highest BCUT2D eigenvalue weighted by atomic mass is 19.2. The summed E-state index contributed by atoms with van der Waals surface area (Å²) in [6.45, 7) is 18.7. The fourth-order valence-electron chi connectivity index (χ4n) is 1.96. The Morgan fingerprint density at radius 1 is 0.963 bits per heavy atom. The Kier molecular flexibility index (Phi) is 6.95. The summed E-state index contributed by atoms with van der Waals surface area (Å²) in [5, 5.41) is 15.5. The monoisotopic (exact) mass is 374 g/mol. The highest BCUT2D eigenvalue weighted by molar-refractivity contribution is 5.73. The summed E-state index contributed by atoms with van der Waals surface area (Å²) in [4.78, 5) is 5.51. The van der Waals surface area contributed by atoms with Gasteiger partial charge in [-0.15, -0.1) is 0 Å². The summed E-state index contributed by atoms with van der Waals surface area (Å²) >= 11 is 0. The molecule has 0 atom stereocenters. The zero-order chi connectivity index (χ0) is 20.8. The molecule has 0 unspecified atom stereocenters. The van der Waals surface area contributed by atoms with Crippen LogP contribution in [0.2, 0.25) is 0 Å². The summed E-state index contributed by atoms with van der Waals surface area (Å²) in [7, 11) is 0. The molecule has 1 aromatic carbocycles. The molecule has 0 aliphatic heterocycles. The fraction of sp³-hybridized carbons (Fsp3) is 0.333. The van der Waals surface area contributed by atoms with Crippen LogP contribution in [-0.4, -0.2) is 18.8 Å². The Morgan fingerprint density at radius 3 is 1.93 bits per heavy atom. The molecule has 0 aliphatic rings. The van der Waals surface area contributed by atoms with Crippen LogP contribution in [0, 0.1) is 53.3 Å². The third-order valence-corrected chi connectivity index (χ3v) is 3.05. The van der Waals surface area contributed by atoms with Crippen LogP contribution < -0.4 is 15.2 Å². The average molecular weight is 374 g/mol. The van der Waals surface area contributed by atoms with Crippen molar-refractivity contribution in [2.75, 3.05) is 13.2 Å². The van der Waals surface area contributed by atoms with Crippen LogP contribution in [0.4, 0.5) is 13.2 Å². The van der Waals surface area contributed by atoms with Crippen molar-refractivity contribution in [3.63, 3.8) is 0 Å². The fourth-order valence-corrected chi connectivity index (χ4v) is 1.96. The average Bonchev–Trinajstić information content (AvgIpc) is 2.61. The minimum Gasteiger partial charge on any atom is -0.488 e. The lowest BCUT2D eigenvalue weighted by Crippen LogP contribution is -2.30. The van der Waals surface area contributed by atoms with E-state index >= 15 is 0 Å². The van der Waals surface area contributed by atoms with Crippen molar-refractivity contribution >= 4 is 11.4 Å². The van der Waals surface area contributed by atoms with Gasteiger partial charge in [0.05, 0.1) is 17.4 Å². The van der Waals surface area contributed by atoms with Gasteiger partial charge in [-0.2, -0.15) is 20.2 Å². The normalized spacial score (nSPS) is 10.1. The van der Waals surface area contributed by atoms with Crippen molar-refractivity contribution in [1.82, 2.24) is 0 Å². The Morgan fingerprint density at radius 2 is 1.48 bits per heavy atom. The van der Waals surface area contributed by atoms with Crippen molar-refractivity contribution in [1.29, 1.82) is 10.5 Å². The third kappa shape index (κ3) is 4.76. The molecule has 0 amide bonds. The highest BCUT2D eigenvalue weighted by Crippen LogP contribution is 2.16. The number of halogens is 3. The number of ether oxygens (including phenoxy) is 2. The lowest BCUT2D eigenvalue weighted by atomic mass is 10.1. The standard InChI is InChI=1S/C18H13F3N4O2/c1-18(2,3)27-7-6-26-16-12(17(24-4)25-5)14(20)13(19)11(15(16)21)10(8-22)9-23/h6-7H2,1-3H3. The molecule has 27 heavy (non-hydrogen) atoms. The molecule has 0 fully saturated rings. The van der Waals surface area contributed by atoms with E-state index in [1.807, 2.05) is 0 Å². The predicted octanol–water partition coefficient (Wildman–Crippen LogP) is 2.40. The van der Waals surface area contributed by atoms with Crippen LogP contribution in [-0.2, 0) is 4.74 Å². The van der Waals surface area contributed by atoms with Crippen LogP contribution >= 0.6 is 0 Å². The van der Waals surface area contributed by atoms with Gasteiger partial charge < -0.3 is 9.47 Å². The third-order valence-electron chi connectivity index (χ3n) is 3.05. The molecule has 0 aromatic heterocycles. The summed E-state index contributed by atoms with van der Waals surface area (Å²) in [6, 6.07) is 2.54. The maximum Gasteiger partial charge on any atom is 0.533 e. The molecule has 0 bridgehead atoms. The van der Waals surface area contributed by atoms with E-state index in [2.05, 4.69) is 9.69 Å². The lowest BCUT2D eigenvalue weighted by molar-refractivity contribution is -0.0168. The highest BCUT2D eigenvalue weighted by Gasteiger charge is 2.26. The van der Waals surface area contributed by atoms with Gasteiger partial charge in [-0.05, 0) is 20.8 Å². The maximum absolute atomic E-state index is 14.8. The van der Waals surface area contributed by atoms with Gasteiger partial charge >= 0.3 is 5.82 Å². The molecule has 0 N–H and O–H groups in total. The van der Waals surface area contributed by atoms with Gasteiger partial charge in [-0.25, -0.2) is 13.2 Å². The molecule has 6 nitrogen and oxygen atoms in total. The Balaban J connectivity index is 3.80. The van der Waals surface area contributed by atoms with Crippen molar-refractivity contribution in [2.45, 2.75) is 26.4 Å². The maximum atomic E-state index is 14.8. The van der Waals surface area contributed by atoms with Crippen molar-refractivity contribution in [2.24, 2.45) is 0 Å². The van der Waals surface area contributed by atoms with E-state index < -0.39 is 50.6 Å². The van der Waals surface area contributed by atoms with Gasteiger partial charge in [-0.1, -0.05) is 0 Å². The molecule has 0 aliphatic carbocycles. The lowest BCUT2D eigenvalue weighted by Gasteiger charge is -2.19. The van der Waals surface area contributed by atoms with E-state index in [1.54, 1.807) is 20.8 Å². The van der Waals surface area contributed by atoms with Crippen molar-refractivity contribution < 1.29 is 22.6 Å². The van der Waals surface area contributed by atoms with E-state index in [9.17, 15) is 13.2 Å². The van der Waals surface area contributed by atoms with Crippen LogP contribution in [0.1, 0.15) is 20.8 Å². The van der Waals surface area contributed by atoms with E-state index in [0.29, 0.717) is 0 Å². The second-order valence-electron chi connectivity index (χ2n) is 5.98. The number of rotatable bonds is 4. The smallest absolute Gasteiger partial charge is 0.488 e. The molecule has 0 saturated heterocycles. The van der Waals surface area contributed by atoms with Gasteiger partial charge in [0.1, 0.15) is 37.5 Å². The zero-order valence-electron chi connectivity index (χ0n) is 14.7. The molecule has 0 spiro atoms. The molecular weight excluding hydrogens is 361 g/mol. The molecule has 138 valence electrons. The van der Waals surface area contributed by atoms with Gasteiger partial charge in [0.2, 0.25) is 0 Å². The number of nitrogens with zero attached hydrogens (tertiary/aromatic N) is 4. The molecule has 9 heteroatoms. The van der Waals surface area contributed by atoms with E-state index in [0.717, 1.165) is 0 Å². The van der Waals surface area contributed by atoms with Crippen LogP contribution in [0.25, 0.3) is 21.1 Å². The molecule has 1 rings (SSSR count). The van der Waals surface area contributed by atoms with Gasteiger partial charge in [0, 0.05) is 0 Å². The van der Waals surface area contributed by atoms with E-state index in [-0.39, 0.29) is 13.2 Å². The molecule has 0 heterocycles. The minimum absolute atomic E-state index is 0.0604. The van der Waals surface area contributed by atoms with Gasteiger partial charge in [0.25, 0.3) is 0 Å². The van der Waals surface area contributed by atoms with Crippen molar-refractivity contribution in [3.05, 3.63) is 50.7 Å². The second-order valence-corrected chi connectivity index (χ2v) is 5.98. The summed E-state index contributed by atoms with van der Waals surface area (Å²) in [5.41, 5.74) is -1.56. The van der Waals surface area contributed by atoms with E-state index in [1.165, 1.54) is 12.1 Å². The molecule has 1 aromatic rings. The first kappa shape index (κ1) is 21.5. The minimum atomic E-state index is -1.86. The Bertz CT molecular complexity index is 1010. The largest absolute Gasteiger partial charge is 0.533 e. The quantitative estimate of drug-likeness (QED) is 0.461. The SMILES string of the molecule is [C-]#[N+]C([N+]#[C-])=c1c(F)c(F)c(=C(C#N)C#N)c(F)c1OCCOC(C)(C)C.